The number of nitrogens with one attached hydrogen (secondary N) is 1. The molecule has 2 rings (SSSR count). The molecule has 0 radical (unpaired) electrons. The Hall–Kier alpha value is -1.18. The van der Waals surface area contributed by atoms with Gasteiger partial charge in [-0.05, 0) is 49.2 Å². The van der Waals surface area contributed by atoms with Crippen molar-refractivity contribution in [2.45, 2.75) is 19.9 Å². The third-order valence-corrected chi connectivity index (χ3v) is 3.39. The zero-order valence-corrected chi connectivity index (χ0v) is 11.9. The molecular formula is C15H15Cl2N. The SMILES string of the molecule is Cc1ccc(NC(C)c2cccc(Cl)c2)c(Cl)c1. The van der Waals surface area contributed by atoms with Gasteiger partial charge in [0.1, 0.15) is 0 Å². The third-order valence-electron chi connectivity index (χ3n) is 2.85. The first kappa shape index (κ1) is 13.3. The van der Waals surface area contributed by atoms with Crippen LogP contribution >= 0.6 is 23.2 Å². The van der Waals surface area contributed by atoms with Crippen LogP contribution in [0.1, 0.15) is 24.1 Å². The average Bonchev–Trinajstić information content (AvgIpc) is 2.32. The molecule has 0 saturated carbocycles. The first-order valence-corrected chi connectivity index (χ1v) is 6.60. The molecule has 2 aromatic rings. The van der Waals surface area contributed by atoms with Gasteiger partial charge in [0.2, 0.25) is 0 Å². The van der Waals surface area contributed by atoms with E-state index < -0.39 is 0 Å². The summed E-state index contributed by atoms with van der Waals surface area (Å²) in [5.41, 5.74) is 3.23. The zero-order valence-electron chi connectivity index (χ0n) is 10.4. The quantitative estimate of drug-likeness (QED) is 0.785. The molecule has 2 aromatic carbocycles. The van der Waals surface area contributed by atoms with Crippen LogP contribution in [-0.4, -0.2) is 0 Å². The highest BCUT2D eigenvalue weighted by Gasteiger charge is 2.08. The standard InChI is InChI=1S/C15H15Cl2N/c1-10-6-7-15(14(17)8-10)18-11(2)12-4-3-5-13(16)9-12/h3-9,11,18H,1-2H3. The second-order valence-electron chi connectivity index (χ2n) is 4.40. The second kappa shape index (κ2) is 5.64. The molecule has 1 N–H and O–H groups in total. The van der Waals surface area contributed by atoms with Gasteiger partial charge in [-0.25, -0.2) is 0 Å². The van der Waals surface area contributed by atoms with Crippen LogP contribution < -0.4 is 5.32 Å². The fourth-order valence-corrected chi connectivity index (χ4v) is 2.32. The highest BCUT2D eigenvalue weighted by atomic mass is 35.5. The van der Waals surface area contributed by atoms with E-state index >= 15 is 0 Å². The number of halogens is 2. The highest BCUT2D eigenvalue weighted by Crippen LogP contribution is 2.27. The Labute approximate surface area is 118 Å². The summed E-state index contributed by atoms with van der Waals surface area (Å²) in [6, 6.07) is 14.0. The lowest BCUT2D eigenvalue weighted by atomic mass is 10.1. The van der Waals surface area contributed by atoms with Crippen LogP contribution in [0.5, 0.6) is 0 Å². The van der Waals surface area contributed by atoms with Crippen molar-refractivity contribution in [3.05, 3.63) is 63.6 Å². The summed E-state index contributed by atoms with van der Waals surface area (Å²) in [4.78, 5) is 0. The molecule has 3 heteroatoms. The van der Waals surface area contributed by atoms with Crippen LogP contribution in [0.15, 0.2) is 42.5 Å². The van der Waals surface area contributed by atoms with E-state index in [4.69, 9.17) is 23.2 Å². The Morgan fingerprint density at radius 2 is 1.83 bits per heavy atom. The van der Waals surface area contributed by atoms with Crippen molar-refractivity contribution in [3.8, 4) is 0 Å². The van der Waals surface area contributed by atoms with Crippen LogP contribution in [0.25, 0.3) is 0 Å². The minimum absolute atomic E-state index is 0.156. The molecule has 0 spiro atoms. The smallest absolute Gasteiger partial charge is 0.0640 e. The van der Waals surface area contributed by atoms with Crippen LogP contribution in [-0.2, 0) is 0 Å². The van der Waals surface area contributed by atoms with Gasteiger partial charge in [-0.15, -0.1) is 0 Å². The number of anilines is 1. The number of hydrogen-bond donors (Lipinski definition) is 1. The van der Waals surface area contributed by atoms with E-state index in [1.807, 2.05) is 49.4 Å². The Kier molecular flexibility index (Phi) is 4.15. The van der Waals surface area contributed by atoms with Crippen LogP contribution in [0.3, 0.4) is 0 Å². The van der Waals surface area contributed by atoms with E-state index in [2.05, 4.69) is 12.2 Å². The third kappa shape index (κ3) is 3.18. The average molecular weight is 280 g/mol. The molecule has 94 valence electrons. The van der Waals surface area contributed by atoms with Gasteiger partial charge < -0.3 is 5.32 Å². The van der Waals surface area contributed by atoms with Crippen molar-refractivity contribution in [2.24, 2.45) is 0 Å². The Balaban J connectivity index is 2.18. The van der Waals surface area contributed by atoms with Gasteiger partial charge >= 0.3 is 0 Å². The number of hydrogen-bond acceptors (Lipinski definition) is 1. The lowest BCUT2D eigenvalue weighted by Crippen LogP contribution is -2.06. The van der Waals surface area contributed by atoms with Crippen LogP contribution in [0.4, 0.5) is 5.69 Å². The first-order valence-electron chi connectivity index (χ1n) is 5.84. The monoisotopic (exact) mass is 279 g/mol. The van der Waals surface area contributed by atoms with Crippen LogP contribution in [0.2, 0.25) is 10.0 Å². The van der Waals surface area contributed by atoms with Crippen molar-refractivity contribution in [1.82, 2.24) is 0 Å². The van der Waals surface area contributed by atoms with Gasteiger partial charge in [0.15, 0.2) is 0 Å². The summed E-state index contributed by atoms with van der Waals surface area (Å²) < 4.78 is 0. The molecule has 1 atom stereocenters. The predicted molar refractivity (Wildman–Crippen MR) is 79.7 cm³/mol. The summed E-state index contributed by atoms with van der Waals surface area (Å²) in [6.45, 7) is 4.11. The summed E-state index contributed by atoms with van der Waals surface area (Å²) >= 11 is 12.2. The van der Waals surface area contributed by atoms with Crippen molar-refractivity contribution < 1.29 is 0 Å². The molecule has 1 unspecified atom stereocenters. The van der Waals surface area contributed by atoms with E-state index in [1.165, 1.54) is 0 Å². The van der Waals surface area contributed by atoms with Gasteiger partial charge in [0.25, 0.3) is 0 Å². The van der Waals surface area contributed by atoms with Gasteiger partial charge in [0, 0.05) is 11.1 Å². The van der Waals surface area contributed by atoms with Crippen molar-refractivity contribution >= 4 is 28.9 Å². The van der Waals surface area contributed by atoms with Crippen molar-refractivity contribution in [3.63, 3.8) is 0 Å². The van der Waals surface area contributed by atoms with E-state index in [-0.39, 0.29) is 6.04 Å². The molecule has 18 heavy (non-hydrogen) atoms. The minimum atomic E-state index is 0.156. The van der Waals surface area contributed by atoms with E-state index in [1.54, 1.807) is 0 Å². The second-order valence-corrected chi connectivity index (χ2v) is 5.25. The Bertz CT molecular complexity index is 552. The largest absolute Gasteiger partial charge is 0.377 e. The predicted octanol–water partition coefficient (Wildman–Crippen LogP) is 5.47. The Morgan fingerprint density at radius 1 is 1.06 bits per heavy atom. The van der Waals surface area contributed by atoms with Crippen molar-refractivity contribution in [1.29, 1.82) is 0 Å². The molecule has 0 saturated heterocycles. The molecule has 0 amide bonds. The number of benzene rings is 2. The first-order chi connectivity index (χ1) is 8.56. The van der Waals surface area contributed by atoms with E-state index in [0.29, 0.717) is 0 Å². The molecule has 0 aromatic heterocycles. The summed E-state index contributed by atoms with van der Waals surface area (Å²) in [5, 5.41) is 4.88. The van der Waals surface area contributed by atoms with Gasteiger partial charge in [-0.3, -0.25) is 0 Å². The van der Waals surface area contributed by atoms with Crippen molar-refractivity contribution in [2.75, 3.05) is 5.32 Å². The zero-order chi connectivity index (χ0) is 13.1. The lowest BCUT2D eigenvalue weighted by molar-refractivity contribution is 0.885. The molecule has 0 aliphatic rings. The van der Waals surface area contributed by atoms with Gasteiger partial charge in [0.05, 0.1) is 10.7 Å². The molecule has 0 bridgehead atoms. The normalized spacial score (nSPS) is 12.2. The minimum Gasteiger partial charge on any atom is -0.377 e. The molecule has 0 fully saturated rings. The maximum Gasteiger partial charge on any atom is 0.0640 e. The molecule has 0 heterocycles. The number of rotatable bonds is 3. The molecule has 0 aliphatic heterocycles. The summed E-state index contributed by atoms with van der Waals surface area (Å²) in [6.07, 6.45) is 0. The summed E-state index contributed by atoms with van der Waals surface area (Å²) in [7, 11) is 0. The van der Waals surface area contributed by atoms with Gasteiger partial charge in [-0.1, -0.05) is 41.4 Å². The van der Waals surface area contributed by atoms with E-state index in [0.717, 1.165) is 26.9 Å². The lowest BCUT2D eigenvalue weighted by Gasteiger charge is -2.17. The maximum absolute atomic E-state index is 6.20. The van der Waals surface area contributed by atoms with Gasteiger partial charge in [-0.2, -0.15) is 0 Å². The Morgan fingerprint density at radius 3 is 2.50 bits per heavy atom. The number of aryl methyl sites for hydroxylation is 1. The van der Waals surface area contributed by atoms with E-state index in [9.17, 15) is 0 Å². The molecular weight excluding hydrogens is 265 g/mol. The highest BCUT2D eigenvalue weighted by molar-refractivity contribution is 6.33. The topological polar surface area (TPSA) is 12.0 Å². The molecule has 0 aliphatic carbocycles. The molecule has 1 nitrogen and oxygen atoms in total. The fourth-order valence-electron chi connectivity index (χ4n) is 1.83. The van der Waals surface area contributed by atoms with Crippen LogP contribution in [0, 0.1) is 6.92 Å². The summed E-state index contributed by atoms with van der Waals surface area (Å²) in [5.74, 6) is 0. The fraction of sp³-hybridized carbons (Fsp3) is 0.200. The maximum atomic E-state index is 6.20.